The van der Waals surface area contributed by atoms with Crippen molar-refractivity contribution in [3.8, 4) is 0 Å². The second-order valence-corrected chi connectivity index (χ2v) is 7.78. The Morgan fingerprint density at radius 3 is 2.30 bits per heavy atom. The zero-order chi connectivity index (χ0) is 15.6. The van der Waals surface area contributed by atoms with Crippen molar-refractivity contribution >= 4 is 0 Å². The number of nitrogens with zero attached hydrogens (tertiary/aromatic N) is 2. The summed E-state index contributed by atoms with van der Waals surface area (Å²) in [6.07, 6.45) is 0.974. The van der Waals surface area contributed by atoms with E-state index in [0.29, 0.717) is 12.1 Å². The highest BCUT2D eigenvalue weighted by molar-refractivity contribution is 4.93. The lowest BCUT2D eigenvalue weighted by Gasteiger charge is -2.48. The van der Waals surface area contributed by atoms with Crippen molar-refractivity contribution in [3.63, 3.8) is 0 Å². The highest BCUT2D eigenvalue weighted by Crippen LogP contribution is 2.24. The largest absolute Gasteiger partial charge is 0.394 e. The van der Waals surface area contributed by atoms with Crippen LogP contribution in [-0.2, 0) is 0 Å². The first-order chi connectivity index (χ1) is 9.09. The molecule has 4 heteroatoms. The normalized spacial score (nSPS) is 25.6. The lowest BCUT2D eigenvalue weighted by atomic mass is 9.91. The van der Waals surface area contributed by atoms with E-state index in [2.05, 4.69) is 63.7 Å². The van der Waals surface area contributed by atoms with E-state index < -0.39 is 0 Å². The summed E-state index contributed by atoms with van der Waals surface area (Å²) in [4.78, 5) is 5.00. The fourth-order valence-corrected chi connectivity index (χ4v) is 3.30. The smallest absolute Gasteiger partial charge is 0.0611 e. The molecule has 1 heterocycles. The number of aliphatic hydroxyl groups is 1. The Hall–Kier alpha value is -0.160. The van der Waals surface area contributed by atoms with Crippen LogP contribution in [0.2, 0.25) is 0 Å². The molecule has 1 aliphatic rings. The quantitative estimate of drug-likeness (QED) is 0.776. The van der Waals surface area contributed by atoms with Crippen molar-refractivity contribution in [2.75, 3.05) is 33.3 Å². The molecule has 2 atom stereocenters. The van der Waals surface area contributed by atoms with Crippen LogP contribution in [0.25, 0.3) is 0 Å². The van der Waals surface area contributed by atoms with E-state index in [9.17, 15) is 5.11 Å². The monoisotopic (exact) mass is 285 g/mol. The maximum atomic E-state index is 9.74. The van der Waals surface area contributed by atoms with Crippen LogP contribution < -0.4 is 5.32 Å². The van der Waals surface area contributed by atoms with Crippen LogP contribution in [0.3, 0.4) is 0 Å². The minimum absolute atomic E-state index is 0.187. The lowest BCUT2D eigenvalue weighted by Crippen LogP contribution is -2.61. The third-order valence-electron chi connectivity index (χ3n) is 4.70. The summed E-state index contributed by atoms with van der Waals surface area (Å²) in [6.45, 7) is 16.8. The molecule has 1 aliphatic heterocycles. The molecule has 1 saturated heterocycles. The van der Waals surface area contributed by atoms with Gasteiger partial charge in [0.1, 0.15) is 0 Å². The molecule has 0 saturated carbocycles. The van der Waals surface area contributed by atoms with Gasteiger partial charge in [-0.2, -0.15) is 0 Å². The summed E-state index contributed by atoms with van der Waals surface area (Å²) >= 11 is 0. The van der Waals surface area contributed by atoms with Crippen molar-refractivity contribution in [2.24, 2.45) is 0 Å². The molecule has 0 aromatic heterocycles. The van der Waals surface area contributed by atoms with Gasteiger partial charge in [-0.3, -0.25) is 9.80 Å². The molecule has 2 unspecified atom stereocenters. The maximum absolute atomic E-state index is 9.74. The third kappa shape index (κ3) is 4.69. The van der Waals surface area contributed by atoms with Gasteiger partial charge in [-0.1, -0.05) is 13.8 Å². The standard InChI is InChI=1S/C16H35N3O/c1-13(2)17-16(6,12-20)10-14(3)19-9-8-18(7)15(4,5)11-19/h13-14,17,20H,8-12H2,1-7H3. The first-order valence-corrected chi connectivity index (χ1v) is 7.93. The molecular formula is C16H35N3O. The van der Waals surface area contributed by atoms with Gasteiger partial charge in [0.2, 0.25) is 0 Å². The minimum atomic E-state index is -0.193. The van der Waals surface area contributed by atoms with E-state index in [-0.39, 0.29) is 17.7 Å². The number of hydrogen-bond acceptors (Lipinski definition) is 4. The molecule has 0 aromatic carbocycles. The topological polar surface area (TPSA) is 38.7 Å². The molecule has 0 aliphatic carbocycles. The summed E-state index contributed by atoms with van der Waals surface area (Å²) in [6, 6.07) is 0.870. The van der Waals surface area contributed by atoms with Gasteiger partial charge in [0, 0.05) is 42.8 Å². The Morgan fingerprint density at radius 1 is 1.25 bits per heavy atom. The van der Waals surface area contributed by atoms with Crippen molar-refractivity contribution in [1.82, 2.24) is 15.1 Å². The number of aliphatic hydroxyl groups excluding tert-OH is 1. The summed E-state index contributed by atoms with van der Waals surface area (Å²) < 4.78 is 0. The SMILES string of the molecule is CC(C)NC(C)(CO)CC(C)N1CCN(C)C(C)(C)C1. The summed E-state index contributed by atoms with van der Waals surface area (Å²) in [7, 11) is 2.21. The van der Waals surface area contributed by atoms with E-state index in [0.717, 1.165) is 26.1 Å². The van der Waals surface area contributed by atoms with Crippen LogP contribution in [0.5, 0.6) is 0 Å². The van der Waals surface area contributed by atoms with Crippen molar-refractivity contribution in [3.05, 3.63) is 0 Å². The molecule has 0 bridgehead atoms. The Kier molecular flexibility index (Phi) is 6.02. The van der Waals surface area contributed by atoms with E-state index in [1.807, 2.05) is 0 Å². The van der Waals surface area contributed by atoms with Gasteiger partial charge in [0.25, 0.3) is 0 Å². The van der Waals surface area contributed by atoms with E-state index in [1.165, 1.54) is 0 Å². The van der Waals surface area contributed by atoms with Crippen LogP contribution in [0.4, 0.5) is 0 Å². The van der Waals surface area contributed by atoms with Crippen molar-refractivity contribution in [2.45, 2.75) is 71.1 Å². The van der Waals surface area contributed by atoms with E-state index in [1.54, 1.807) is 0 Å². The average Bonchev–Trinajstić information content (AvgIpc) is 2.31. The van der Waals surface area contributed by atoms with Crippen molar-refractivity contribution in [1.29, 1.82) is 0 Å². The van der Waals surface area contributed by atoms with Crippen LogP contribution in [0.1, 0.15) is 48.0 Å². The summed E-state index contributed by atoms with van der Waals surface area (Å²) in [5, 5.41) is 13.3. The maximum Gasteiger partial charge on any atom is 0.0611 e. The number of likely N-dealkylation sites (N-methyl/N-ethyl adjacent to an activating group) is 1. The molecule has 2 N–H and O–H groups in total. The molecule has 0 amide bonds. The third-order valence-corrected chi connectivity index (χ3v) is 4.70. The van der Waals surface area contributed by atoms with E-state index >= 15 is 0 Å². The lowest BCUT2D eigenvalue weighted by molar-refractivity contribution is 0.00824. The molecule has 20 heavy (non-hydrogen) atoms. The Labute approximate surface area is 125 Å². The predicted octanol–water partition coefficient (Wildman–Crippen LogP) is 1.54. The fourth-order valence-electron chi connectivity index (χ4n) is 3.30. The van der Waals surface area contributed by atoms with Gasteiger partial charge in [0.15, 0.2) is 0 Å². The van der Waals surface area contributed by atoms with Gasteiger partial charge in [-0.15, -0.1) is 0 Å². The van der Waals surface area contributed by atoms with Crippen LogP contribution in [0.15, 0.2) is 0 Å². The van der Waals surface area contributed by atoms with Gasteiger partial charge in [-0.05, 0) is 41.2 Å². The Balaban J connectivity index is 2.63. The molecule has 0 spiro atoms. The van der Waals surface area contributed by atoms with Gasteiger partial charge < -0.3 is 10.4 Å². The van der Waals surface area contributed by atoms with Gasteiger partial charge in [-0.25, -0.2) is 0 Å². The first-order valence-electron chi connectivity index (χ1n) is 7.93. The first kappa shape index (κ1) is 17.9. The molecular weight excluding hydrogens is 250 g/mol. The summed E-state index contributed by atoms with van der Waals surface area (Å²) in [5.41, 5.74) is 0.0364. The van der Waals surface area contributed by atoms with Crippen LogP contribution in [0, 0.1) is 0 Å². The minimum Gasteiger partial charge on any atom is -0.394 e. The highest BCUT2D eigenvalue weighted by Gasteiger charge is 2.35. The van der Waals surface area contributed by atoms with Crippen molar-refractivity contribution < 1.29 is 5.11 Å². The molecule has 1 rings (SSSR count). The number of nitrogens with one attached hydrogen (secondary N) is 1. The Morgan fingerprint density at radius 2 is 1.85 bits per heavy atom. The number of piperazine rings is 1. The Bertz CT molecular complexity index is 306. The molecule has 0 radical (unpaired) electrons. The summed E-state index contributed by atoms with van der Waals surface area (Å²) in [5.74, 6) is 0. The zero-order valence-electron chi connectivity index (χ0n) is 14.5. The second kappa shape index (κ2) is 6.73. The molecule has 4 nitrogen and oxygen atoms in total. The fraction of sp³-hybridized carbons (Fsp3) is 1.00. The molecule has 0 aromatic rings. The predicted molar refractivity (Wildman–Crippen MR) is 86.1 cm³/mol. The van der Waals surface area contributed by atoms with E-state index in [4.69, 9.17) is 0 Å². The zero-order valence-corrected chi connectivity index (χ0v) is 14.5. The number of hydrogen-bond donors (Lipinski definition) is 2. The molecule has 1 fully saturated rings. The van der Waals surface area contributed by atoms with Crippen LogP contribution in [-0.4, -0.2) is 71.4 Å². The van der Waals surface area contributed by atoms with Crippen LogP contribution >= 0.6 is 0 Å². The highest BCUT2D eigenvalue weighted by atomic mass is 16.3. The molecule has 120 valence electrons. The average molecular weight is 285 g/mol. The number of rotatable bonds is 6. The van der Waals surface area contributed by atoms with Gasteiger partial charge >= 0.3 is 0 Å². The second-order valence-electron chi connectivity index (χ2n) is 7.78. The van der Waals surface area contributed by atoms with Gasteiger partial charge in [0.05, 0.1) is 6.61 Å².